The smallest absolute Gasteiger partial charge is 0.325 e. The van der Waals surface area contributed by atoms with Gasteiger partial charge in [-0.2, -0.15) is 10.4 Å². The molecule has 10 heteroatoms. The number of halogens is 1. The summed E-state index contributed by atoms with van der Waals surface area (Å²) in [7, 11) is 1.29. The van der Waals surface area contributed by atoms with Crippen LogP contribution in [0.1, 0.15) is 27.2 Å². The Balaban J connectivity index is 2.36. The van der Waals surface area contributed by atoms with E-state index in [0.717, 1.165) is 22.5 Å². The van der Waals surface area contributed by atoms with Crippen LogP contribution < -0.4 is 10.5 Å². The van der Waals surface area contributed by atoms with Crippen LogP contribution in [0.25, 0.3) is 5.69 Å². The predicted octanol–water partition coefficient (Wildman–Crippen LogP) is 2.49. The summed E-state index contributed by atoms with van der Waals surface area (Å²) in [6.07, 6.45) is 0.953. The summed E-state index contributed by atoms with van der Waals surface area (Å²) in [6.45, 7) is 0. The zero-order chi connectivity index (χ0) is 21.1. The van der Waals surface area contributed by atoms with Crippen LogP contribution in [0.5, 0.6) is 5.75 Å². The van der Waals surface area contributed by atoms with Gasteiger partial charge in [0, 0.05) is 12.0 Å². The molecule has 146 valence electrons. The van der Waals surface area contributed by atoms with Crippen molar-refractivity contribution in [3.63, 3.8) is 0 Å². The van der Waals surface area contributed by atoms with Crippen molar-refractivity contribution in [2.24, 2.45) is 5.73 Å². The molecule has 9 nitrogen and oxygen atoms in total. The van der Waals surface area contributed by atoms with E-state index < -0.39 is 28.0 Å². The van der Waals surface area contributed by atoms with Gasteiger partial charge in [-0.25, -0.2) is 9.07 Å². The van der Waals surface area contributed by atoms with E-state index in [1.807, 2.05) is 0 Å². The molecule has 0 saturated heterocycles. The number of ether oxygens (including phenoxy) is 1. The number of benzene rings is 2. The molecule has 3 aromatic rings. The molecule has 0 bridgehead atoms. The van der Waals surface area contributed by atoms with Gasteiger partial charge in [-0.05, 0) is 11.6 Å². The minimum Gasteiger partial charge on any atom is -0.496 e. The van der Waals surface area contributed by atoms with Gasteiger partial charge in [-0.3, -0.25) is 14.9 Å². The van der Waals surface area contributed by atoms with E-state index in [0.29, 0.717) is 0 Å². The molecule has 3 rings (SSSR count). The number of hydrogen-bond acceptors (Lipinski definition) is 6. The highest BCUT2D eigenvalue weighted by atomic mass is 19.1. The summed E-state index contributed by atoms with van der Waals surface area (Å²) in [5.74, 6) is -1.84. The summed E-state index contributed by atoms with van der Waals surface area (Å²) >= 11 is 0. The lowest BCUT2D eigenvalue weighted by molar-refractivity contribution is -0.385. The largest absolute Gasteiger partial charge is 0.496 e. The van der Waals surface area contributed by atoms with Crippen molar-refractivity contribution in [1.82, 2.24) is 9.78 Å². The molecule has 2 aromatic carbocycles. The average molecular weight is 395 g/mol. The molecular formula is C19H14FN5O4. The van der Waals surface area contributed by atoms with Crippen LogP contribution >= 0.6 is 0 Å². The Morgan fingerprint density at radius 2 is 2.10 bits per heavy atom. The zero-order valence-corrected chi connectivity index (χ0v) is 15.1. The molecule has 0 radical (unpaired) electrons. The van der Waals surface area contributed by atoms with Gasteiger partial charge in [-0.1, -0.05) is 30.3 Å². The lowest BCUT2D eigenvalue weighted by atomic mass is 9.98. The van der Waals surface area contributed by atoms with Crippen LogP contribution in [-0.2, 0) is 6.42 Å². The first-order chi connectivity index (χ1) is 13.9. The minimum atomic E-state index is -0.931. The van der Waals surface area contributed by atoms with Gasteiger partial charge in [0.25, 0.3) is 5.91 Å². The SMILES string of the molecule is COc1c(C(N)=O)cc(F)c(-n2ncc([N+](=O)[O-])c2C#N)c1Cc1ccccc1. The van der Waals surface area contributed by atoms with Gasteiger partial charge < -0.3 is 10.5 Å². The molecular weight excluding hydrogens is 381 g/mol. The Labute approximate surface area is 163 Å². The van der Waals surface area contributed by atoms with E-state index >= 15 is 4.39 Å². The number of nitrogens with two attached hydrogens (primary N) is 1. The molecule has 2 N–H and O–H groups in total. The molecule has 29 heavy (non-hydrogen) atoms. The standard InChI is InChI=1S/C19H14FN5O4/c1-29-18-12(7-11-5-3-2-4-6-11)17(14(20)8-13(18)19(22)26)24-15(9-21)16(10-23-24)25(27)28/h2-6,8,10H,7H2,1H3,(H2,22,26). The summed E-state index contributed by atoms with van der Waals surface area (Å²) in [5.41, 5.74) is 4.81. The molecule has 0 fully saturated rings. The fourth-order valence-corrected chi connectivity index (χ4v) is 3.03. The van der Waals surface area contributed by atoms with Crippen LogP contribution in [0.2, 0.25) is 0 Å². The molecule has 1 aromatic heterocycles. The van der Waals surface area contributed by atoms with E-state index in [-0.39, 0.29) is 29.0 Å². The maximum atomic E-state index is 15.1. The van der Waals surface area contributed by atoms with E-state index in [2.05, 4.69) is 5.10 Å². The van der Waals surface area contributed by atoms with Gasteiger partial charge in [-0.15, -0.1) is 0 Å². The number of hydrogen-bond donors (Lipinski definition) is 1. The Morgan fingerprint density at radius 3 is 2.66 bits per heavy atom. The zero-order valence-electron chi connectivity index (χ0n) is 15.1. The van der Waals surface area contributed by atoms with Crippen LogP contribution in [-0.4, -0.2) is 27.7 Å². The van der Waals surface area contributed by atoms with Crippen molar-refractivity contribution in [3.8, 4) is 17.5 Å². The second-order valence-electron chi connectivity index (χ2n) is 5.95. The third kappa shape index (κ3) is 3.49. The second kappa shape index (κ2) is 7.77. The fraction of sp³-hybridized carbons (Fsp3) is 0.105. The predicted molar refractivity (Wildman–Crippen MR) is 99.2 cm³/mol. The maximum absolute atomic E-state index is 15.1. The number of nitrogens with zero attached hydrogens (tertiary/aromatic N) is 4. The normalized spacial score (nSPS) is 10.4. The van der Waals surface area contributed by atoms with E-state index in [9.17, 15) is 20.2 Å². The van der Waals surface area contributed by atoms with Crippen molar-refractivity contribution < 1.29 is 18.8 Å². The lowest BCUT2D eigenvalue weighted by Gasteiger charge is -2.18. The molecule has 0 unspecified atom stereocenters. The molecule has 1 heterocycles. The number of carbonyl (C=O) groups excluding carboxylic acids is 1. The maximum Gasteiger partial charge on any atom is 0.325 e. The van der Waals surface area contributed by atoms with Gasteiger partial charge in [0.05, 0.1) is 17.6 Å². The number of amides is 1. The van der Waals surface area contributed by atoms with Crippen molar-refractivity contribution in [2.75, 3.05) is 7.11 Å². The van der Waals surface area contributed by atoms with Gasteiger partial charge >= 0.3 is 5.69 Å². The van der Waals surface area contributed by atoms with Crippen molar-refractivity contribution in [2.45, 2.75) is 6.42 Å². The van der Waals surface area contributed by atoms with Gasteiger partial charge in [0.15, 0.2) is 0 Å². The number of methoxy groups -OCH3 is 1. The number of nitro groups is 1. The van der Waals surface area contributed by atoms with Crippen LogP contribution in [0.3, 0.4) is 0 Å². The van der Waals surface area contributed by atoms with Crippen molar-refractivity contribution in [3.05, 3.63) is 80.9 Å². The Hall–Kier alpha value is -4.26. The highest BCUT2D eigenvalue weighted by Gasteiger charge is 2.28. The minimum absolute atomic E-state index is 0.000189. The highest BCUT2D eigenvalue weighted by Crippen LogP contribution is 2.35. The first-order valence-electron chi connectivity index (χ1n) is 8.25. The van der Waals surface area contributed by atoms with Crippen molar-refractivity contribution in [1.29, 1.82) is 5.26 Å². The first-order valence-corrected chi connectivity index (χ1v) is 8.25. The van der Waals surface area contributed by atoms with E-state index in [4.69, 9.17) is 10.5 Å². The Bertz CT molecular complexity index is 1150. The van der Waals surface area contributed by atoms with Gasteiger partial charge in [0.2, 0.25) is 5.69 Å². The summed E-state index contributed by atoms with van der Waals surface area (Å²) in [6, 6.07) is 11.4. The molecule has 0 aliphatic heterocycles. The van der Waals surface area contributed by atoms with E-state index in [1.165, 1.54) is 7.11 Å². The molecule has 0 saturated carbocycles. The summed E-state index contributed by atoms with van der Waals surface area (Å²) in [5, 5.41) is 24.4. The van der Waals surface area contributed by atoms with E-state index in [1.54, 1.807) is 36.4 Å². The number of nitriles is 1. The first kappa shape index (κ1) is 19.5. The number of rotatable bonds is 6. The van der Waals surface area contributed by atoms with Crippen LogP contribution in [0.15, 0.2) is 42.6 Å². The number of carbonyl (C=O) groups is 1. The Kier molecular flexibility index (Phi) is 5.23. The molecule has 1 amide bonds. The van der Waals surface area contributed by atoms with Gasteiger partial charge in [0.1, 0.15) is 29.5 Å². The molecule has 0 atom stereocenters. The van der Waals surface area contributed by atoms with Crippen molar-refractivity contribution >= 4 is 11.6 Å². The average Bonchev–Trinajstić information content (AvgIpc) is 3.12. The summed E-state index contributed by atoms with van der Waals surface area (Å²) < 4.78 is 21.3. The fourth-order valence-electron chi connectivity index (χ4n) is 3.03. The lowest BCUT2D eigenvalue weighted by Crippen LogP contribution is -2.17. The molecule has 0 aliphatic carbocycles. The van der Waals surface area contributed by atoms with Crippen LogP contribution in [0.4, 0.5) is 10.1 Å². The molecule has 0 spiro atoms. The number of aromatic nitrogens is 2. The quantitative estimate of drug-likeness (QED) is 0.503. The number of primary amides is 1. The summed E-state index contributed by atoms with van der Waals surface area (Å²) in [4.78, 5) is 22.2. The second-order valence-corrected chi connectivity index (χ2v) is 5.95. The molecule has 0 aliphatic rings. The highest BCUT2D eigenvalue weighted by molar-refractivity contribution is 5.96. The third-order valence-electron chi connectivity index (χ3n) is 4.26. The van der Waals surface area contributed by atoms with Crippen LogP contribution in [0, 0.1) is 27.3 Å². The Morgan fingerprint density at radius 1 is 1.41 bits per heavy atom. The third-order valence-corrected chi connectivity index (χ3v) is 4.26. The topological polar surface area (TPSA) is 137 Å². The monoisotopic (exact) mass is 395 g/mol.